The predicted molar refractivity (Wildman–Crippen MR) is 74.1 cm³/mol. The normalized spacial score (nSPS) is 10.8. The third-order valence-corrected chi connectivity index (χ3v) is 3.12. The van der Waals surface area contributed by atoms with E-state index in [1.807, 2.05) is 48.5 Å². The lowest BCUT2D eigenvalue weighted by atomic mass is 10.1. The van der Waals surface area contributed by atoms with Gasteiger partial charge in [0.1, 0.15) is 17.1 Å². The molecule has 3 heteroatoms. The Morgan fingerprint density at radius 1 is 1.11 bits per heavy atom. The Morgan fingerprint density at radius 2 is 2.00 bits per heavy atom. The van der Waals surface area contributed by atoms with Crippen molar-refractivity contribution in [3.63, 3.8) is 0 Å². The highest BCUT2D eigenvalue weighted by Crippen LogP contribution is 2.30. The summed E-state index contributed by atoms with van der Waals surface area (Å²) in [5, 5.41) is 10.1. The van der Waals surface area contributed by atoms with Crippen molar-refractivity contribution in [1.29, 1.82) is 0 Å². The van der Waals surface area contributed by atoms with E-state index in [4.69, 9.17) is 14.3 Å². The van der Waals surface area contributed by atoms with Crippen molar-refractivity contribution in [2.45, 2.75) is 6.61 Å². The van der Waals surface area contributed by atoms with Crippen LogP contribution in [0.1, 0.15) is 5.56 Å². The smallest absolute Gasteiger partial charge is 0.135 e. The lowest BCUT2D eigenvalue weighted by molar-refractivity contribution is 0.282. The SMILES string of the molecule is COc1cccc(-c2cc3cc(CO)ccc3o2)c1. The number of hydrogen-bond donors (Lipinski definition) is 1. The first kappa shape index (κ1) is 11.8. The van der Waals surface area contributed by atoms with Crippen molar-refractivity contribution < 1.29 is 14.3 Å². The van der Waals surface area contributed by atoms with Crippen molar-refractivity contribution in [3.8, 4) is 17.1 Å². The second-order valence-electron chi connectivity index (χ2n) is 4.37. The van der Waals surface area contributed by atoms with E-state index in [2.05, 4.69) is 0 Å². The maximum atomic E-state index is 9.14. The molecule has 0 aliphatic rings. The number of hydrogen-bond acceptors (Lipinski definition) is 3. The Morgan fingerprint density at radius 3 is 2.79 bits per heavy atom. The van der Waals surface area contributed by atoms with E-state index in [0.717, 1.165) is 33.6 Å². The van der Waals surface area contributed by atoms with Gasteiger partial charge in [-0.25, -0.2) is 0 Å². The molecule has 0 unspecified atom stereocenters. The van der Waals surface area contributed by atoms with Crippen LogP contribution in [0.15, 0.2) is 52.9 Å². The average Bonchev–Trinajstić information content (AvgIpc) is 2.90. The van der Waals surface area contributed by atoms with Crippen LogP contribution in [0, 0.1) is 0 Å². The standard InChI is InChI=1S/C16H14O3/c1-18-14-4-2-3-12(8-14)16-9-13-7-11(10-17)5-6-15(13)19-16/h2-9,17H,10H2,1H3. The van der Waals surface area contributed by atoms with Gasteiger partial charge in [-0.1, -0.05) is 18.2 Å². The molecular weight excluding hydrogens is 240 g/mol. The molecule has 0 saturated heterocycles. The van der Waals surface area contributed by atoms with Gasteiger partial charge in [0.25, 0.3) is 0 Å². The third-order valence-electron chi connectivity index (χ3n) is 3.12. The van der Waals surface area contributed by atoms with Gasteiger partial charge < -0.3 is 14.3 Å². The van der Waals surface area contributed by atoms with Crippen LogP contribution < -0.4 is 4.74 Å². The number of benzene rings is 2. The molecule has 0 bridgehead atoms. The molecule has 2 aromatic carbocycles. The lowest BCUT2D eigenvalue weighted by Gasteiger charge is -2.01. The highest BCUT2D eigenvalue weighted by atomic mass is 16.5. The minimum Gasteiger partial charge on any atom is -0.497 e. The van der Waals surface area contributed by atoms with E-state index in [-0.39, 0.29) is 6.61 Å². The van der Waals surface area contributed by atoms with E-state index in [0.29, 0.717) is 0 Å². The summed E-state index contributed by atoms with van der Waals surface area (Å²) in [4.78, 5) is 0. The van der Waals surface area contributed by atoms with Crippen LogP contribution in [0.2, 0.25) is 0 Å². The van der Waals surface area contributed by atoms with Crippen LogP contribution in [0.5, 0.6) is 5.75 Å². The van der Waals surface area contributed by atoms with Crippen LogP contribution in [-0.2, 0) is 6.61 Å². The molecule has 3 nitrogen and oxygen atoms in total. The van der Waals surface area contributed by atoms with Crippen molar-refractivity contribution in [3.05, 3.63) is 54.1 Å². The predicted octanol–water partition coefficient (Wildman–Crippen LogP) is 3.60. The largest absolute Gasteiger partial charge is 0.497 e. The van der Waals surface area contributed by atoms with E-state index in [1.165, 1.54) is 0 Å². The minimum atomic E-state index is 0.0373. The second kappa shape index (κ2) is 4.78. The van der Waals surface area contributed by atoms with Crippen molar-refractivity contribution >= 4 is 11.0 Å². The molecule has 1 aromatic heterocycles. The van der Waals surface area contributed by atoms with Gasteiger partial charge in [0.05, 0.1) is 13.7 Å². The monoisotopic (exact) mass is 254 g/mol. The van der Waals surface area contributed by atoms with Crippen LogP contribution in [0.4, 0.5) is 0 Å². The molecule has 0 aliphatic carbocycles. The molecule has 0 saturated carbocycles. The molecule has 96 valence electrons. The molecule has 3 rings (SSSR count). The van der Waals surface area contributed by atoms with E-state index >= 15 is 0 Å². The molecular formula is C16H14O3. The number of furan rings is 1. The second-order valence-corrected chi connectivity index (χ2v) is 4.37. The summed E-state index contributed by atoms with van der Waals surface area (Å²) >= 11 is 0. The number of methoxy groups -OCH3 is 1. The summed E-state index contributed by atoms with van der Waals surface area (Å²) in [6.45, 7) is 0.0373. The van der Waals surface area contributed by atoms with Crippen LogP contribution >= 0.6 is 0 Å². The van der Waals surface area contributed by atoms with Gasteiger partial charge >= 0.3 is 0 Å². The Bertz CT molecular complexity index is 713. The molecule has 1 N–H and O–H groups in total. The van der Waals surface area contributed by atoms with Crippen molar-refractivity contribution in [1.82, 2.24) is 0 Å². The van der Waals surface area contributed by atoms with Gasteiger partial charge in [-0.15, -0.1) is 0 Å². The summed E-state index contributed by atoms with van der Waals surface area (Å²) in [6, 6.07) is 15.4. The van der Waals surface area contributed by atoms with E-state index < -0.39 is 0 Å². The van der Waals surface area contributed by atoms with Crippen LogP contribution in [0.3, 0.4) is 0 Å². The topological polar surface area (TPSA) is 42.6 Å². The minimum absolute atomic E-state index is 0.0373. The van der Waals surface area contributed by atoms with Crippen molar-refractivity contribution in [2.75, 3.05) is 7.11 Å². The van der Waals surface area contributed by atoms with Crippen LogP contribution in [-0.4, -0.2) is 12.2 Å². The summed E-state index contributed by atoms with van der Waals surface area (Å²) in [5.41, 5.74) is 2.67. The fourth-order valence-corrected chi connectivity index (χ4v) is 2.11. The fourth-order valence-electron chi connectivity index (χ4n) is 2.11. The summed E-state index contributed by atoms with van der Waals surface area (Å²) in [7, 11) is 1.64. The number of aliphatic hydroxyl groups is 1. The molecule has 0 spiro atoms. The Balaban J connectivity index is 2.09. The zero-order chi connectivity index (χ0) is 13.2. The van der Waals surface area contributed by atoms with E-state index in [9.17, 15) is 0 Å². The lowest BCUT2D eigenvalue weighted by Crippen LogP contribution is -1.82. The van der Waals surface area contributed by atoms with Gasteiger partial charge in [-0.3, -0.25) is 0 Å². The Kier molecular flexibility index (Phi) is 2.97. The first-order valence-corrected chi connectivity index (χ1v) is 6.08. The molecule has 0 amide bonds. The van der Waals surface area contributed by atoms with Gasteiger partial charge in [0.15, 0.2) is 0 Å². The van der Waals surface area contributed by atoms with Gasteiger partial charge in [0, 0.05) is 10.9 Å². The van der Waals surface area contributed by atoms with Gasteiger partial charge in [0.2, 0.25) is 0 Å². The van der Waals surface area contributed by atoms with Gasteiger partial charge in [-0.2, -0.15) is 0 Å². The summed E-state index contributed by atoms with van der Waals surface area (Å²) in [6.07, 6.45) is 0. The van der Waals surface area contributed by atoms with E-state index in [1.54, 1.807) is 7.11 Å². The molecule has 3 aromatic rings. The molecule has 0 aliphatic heterocycles. The first-order chi connectivity index (χ1) is 9.30. The maximum absolute atomic E-state index is 9.14. The Labute approximate surface area is 111 Å². The maximum Gasteiger partial charge on any atom is 0.135 e. The Hall–Kier alpha value is -2.26. The molecule has 0 fully saturated rings. The zero-order valence-electron chi connectivity index (χ0n) is 10.6. The molecule has 0 atom stereocenters. The highest BCUT2D eigenvalue weighted by molar-refractivity contribution is 5.83. The number of fused-ring (bicyclic) bond motifs is 1. The summed E-state index contributed by atoms with van der Waals surface area (Å²) in [5.74, 6) is 1.60. The third kappa shape index (κ3) is 2.20. The molecule has 19 heavy (non-hydrogen) atoms. The zero-order valence-corrected chi connectivity index (χ0v) is 10.6. The van der Waals surface area contributed by atoms with Gasteiger partial charge in [-0.05, 0) is 35.9 Å². The number of aliphatic hydroxyl groups excluding tert-OH is 1. The quantitative estimate of drug-likeness (QED) is 0.776. The highest BCUT2D eigenvalue weighted by Gasteiger charge is 2.07. The van der Waals surface area contributed by atoms with Crippen LogP contribution in [0.25, 0.3) is 22.3 Å². The fraction of sp³-hybridized carbons (Fsp3) is 0.125. The van der Waals surface area contributed by atoms with Crippen molar-refractivity contribution in [2.24, 2.45) is 0 Å². The number of rotatable bonds is 3. The first-order valence-electron chi connectivity index (χ1n) is 6.08. The molecule has 1 heterocycles. The molecule has 0 radical (unpaired) electrons. The average molecular weight is 254 g/mol. The summed E-state index contributed by atoms with van der Waals surface area (Å²) < 4.78 is 11.0. The number of ether oxygens (including phenoxy) is 1.